The monoisotopic (exact) mass is 515 g/mol. The normalized spacial score (nSPS) is 11.9. The third-order valence-electron chi connectivity index (χ3n) is 5.37. The smallest absolute Gasteiger partial charge is 0.416 e. The SMILES string of the molecule is COc1ccc(C)cc1-c1ccc(F)cc1CN(Cc1cc(C(F)(F)F)cc(C(F)(F)F)c1)C(=O)O. The van der Waals surface area contributed by atoms with Crippen LogP contribution in [0.4, 0.5) is 35.5 Å². The minimum absolute atomic E-state index is 0.0384. The van der Waals surface area contributed by atoms with Gasteiger partial charge in [0.1, 0.15) is 11.6 Å². The average Bonchev–Trinajstić information content (AvgIpc) is 2.77. The van der Waals surface area contributed by atoms with Crippen LogP contribution in [0.5, 0.6) is 5.75 Å². The Labute approximate surface area is 201 Å². The van der Waals surface area contributed by atoms with E-state index in [9.17, 15) is 40.6 Å². The molecule has 0 unspecified atom stereocenters. The van der Waals surface area contributed by atoms with Gasteiger partial charge in [-0.25, -0.2) is 9.18 Å². The van der Waals surface area contributed by atoms with Crippen LogP contribution >= 0.6 is 0 Å². The number of rotatable bonds is 6. The molecule has 3 aromatic rings. The number of methoxy groups -OCH3 is 1. The van der Waals surface area contributed by atoms with E-state index in [-0.39, 0.29) is 11.6 Å². The molecule has 4 nitrogen and oxygen atoms in total. The molecule has 11 heteroatoms. The lowest BCUT2D eigenvalue weighted by atomic mass is 9.96. The number of carboxylic acid groups (broad SMARTS) is 1. The number of hydrogen-bond acceptors (Lipinski definition) is 2. The van der Waals surface area contributed by atoms with Crippen LogP contribution in [0.3, 0.4) is 0 Å². The van der Waals surface area contributed by atoms with Gasteiger partial charge in [-0.05, 0) is 66.1 Å². The Bertz CT molecular complexity index is 1240. The number of alkyl halides is 6. The molecule has 0 fully saturated rings. The summed E-state index contributed by atoms with van der Waals surface area (Å²) >= 11 is 0. The fourth-order valence-corrected chi connectivity index (χ4v) is 3.72. The lowest BCUT2D eigenvalue weighted by molar-refractivity contribution is -0.143. The van der Waals surface area contributed by atoms with Crippen molar-refractivity contribution in [3.05, 3.63) is 88.2 Å². The van der Waals surface area contributed by atoms with Gasteiger partial charge in [0, 0.05) is 12.1 Å². The Balaban J connectivity index is 2.06. The second kappa shape index (κ2) is 10.1. The van der Waals surface area contributed by atoms with Crippen molar-refractivity contribution in [1.82, 2.24) is 4.90 Å². The van der Waals surface area contributed by atoms with E-state index in [1.165, 1.54) is 13.2 Å². The molecule has 3 rings (SSSR count). The summed E-state index contributed by atoms with van der Waals surface area (Å²) in [6.07, 6.45) is -11.8. The summed E-state index contributed by atoms with van der Waals surface area (Å²) in [5, 5.41) is 9.69. The molecule has 0 spiro atoms. The molecule has 192 valence electrons. The van der Waals surface area contributed by atoms with E-state index < -0.39 is 54.0 Å². The summed E-state index contributed by atoms with van der Waals surface area (Å²) in [4.78, 5) is 12.6. The number of amides is 1. The Morgan fingerprint density at radius 1 is 0.861 bits per heavy atom. The van der Waals surface area contributed by atoms with E-state index in [1.807, 2.05) is 0 Å². The molecule has 0 saturated heterocycles. The Morgan fingerprint density at radius 3 is 2.00 bits per heavy atom. The number of aryl methyl sites for hydroxylation is 1. The highest BCUT2D eigenvalue weighted by atomic mass is 19.4. The summed E-state index contributed by atoms with van der Waals surface area (Å²) in [6.45, 7) is 0.474. The number of halogens is 7. The van der Waals surface area contributed by atoms with Crippen molar-refractivity contribution in [3.63, 3.8) is 0 Å². The highest BCUT2D eigenvalue weighted by molar-refractivity contribution is 5.75. The molecule has 0 aliphatic carbocycles. The van der Waals surface area contributed by atoms with Crippen LogP contribution in [-0.2, 0) is 25.4 Å². The first-order valence-electron chi connectivity index (χ1n) is 10.4. The molecule has 1 N–H and O–H groups in total. The topological polar surface area (TPSA) is 49.8 Å². The molecular weight excluding hydrogens is 495 g/mol. The zero-order valence-electron chi connectivity index (χ0n) is 19.0. The number of hydrogen-bond donors (Lipinski definition) is 1. The first-order valence-corrected chi connectivity index (χ1v) is 10.4. The third-order valence-corrected chi connectivity index (χ3v) is 5.37. The Kier molecular flexibility index (Phi) is 7.51. The lowest BCUT2D eigenvalue weighted by Gasteiger charge is -2.23. The van der Waals surface area contributed by atoms with Crippen molar-refractivity contribution in [2.45, 2.75) is 32.4 Å². The quantitative estimate of drug-likeness (QED) is 0.346. The van der Waals surface area contributed by atoms with Crippen molar-refractivity contribution in [3.8, 4) is 16.9 Å². The number of carbonyl (C=O) groups is 1. The van der Waals surface area contributed by atoms with Gasteiger partial charge in [0.05, 0.1) is 24.8 Å². The van der Waals surface area contributed by atoms with Gasteiger partial charge in [-0.2, -0.15) is 26.3 Å². The van der Waals surface area contributed by atoms with Gasteiger partial charge in [-0.3, -0.25) is 4.90 Å². The lowest BCUT2D eigenvalue weighted by Crippen LogP contribution is -2.29. The maximum absolute atomic E-state index is 14.1. The van der Waals surface area contributed by atoms with Crippen LogP contribution in [0.25, 0.3) is 11.1 Å². The molecule has 0 bridgehead atoms. The molecule has 0 radical (unpaired) electrons. The highest BCUT2D eigenvalue weighted by Crippen LogP contribution is 2.37. The zero-order valence-corrected chi connectivity index (χ0v) is 19.0. The summed E-state index contributed by atoms with van der Waals surface area (Å²) in [5.41, 5.74) is -1.78. The highest BCUT2D eigenvalue weighted by Gasteiger charge is 2.37. The molecule has 3 aromatic carbocycles. The summed E-state index contributed by atoms with van der Waals surface area (Å²) in [6, 6.07) is 9.63. The van der Waals surface area contributed by atoms with Crippen molar-refractivity contribution in [1.29, 1.82) is 0 Å². The number of nitrogens with zero attached hydrogens (tertiary/aromatic N) is 1. The van der Waals surface area contributed by atoms with Gasteiger partial charge in [0.25, 0.3) is 0 Å². The van der Waals surface area contributed by atoms with Gasteiger partial charge in [-0.15, -0.1) is 0 Å². The van der Waals surface area contributed by atoms with Crippen LogP contribution in [-0.4, -0.2) is 23.2 Å². The molecule has 1 amide bonds. The fourth-order valence-electron chi connectivity index (χ4n) is 3.72. The van der Waals surface area contributed by atoms with Gasteiger partial charge >= 0.3 is 18.4 Å². The molecular formula is C25H20F7NO3. The van der Waals surface area contributed by atoms with E-state index in [1.54, 1.807) is 25.1 Å². The fraction of sp³-hybridized carbons (Fsp3) is 0.240. The standard InChI is InChI=1S/C25H20F7NO3/c1-14-3-6-22(36-2)21(7-14)20-5-4-19(26)10-16(20)13-33(23(34)35)12-15-8-17(24(27,28)29)11-18(9-15)25(30,31)32/h3-11H,12-13H2,1-2H3,(H,34,35). The first kappa shape index (κ1) is 26.8. The van der Waals surface area contributed by atoms with Crippen molar-refractivity contribution < 1.29 is 45.4 Å². The summed E-state index contributed by atoms with van der Waals surface area (Å²) in [7, 11) is 1.41. The first-order chi connectivity index (χ1) is 16.7. The van der Waals surface area contributed by atoms with Gasteiger partial charge in [0.15, 0.2) is 0 Å². The Morgan fingerprint density at radius 2 is 1.47 bits per heavy atom. The predicted molar refractivity (Wildman–Crippen MR) is 117 cm³/mol. The van der Waals surface area contributed by atoms with Gasteiger partial charge in [-0.1, -0.05) is 17.7 Å². The maximum Gasteiger partial charge on any atom is 0.416 e. The van der Waals surface area contributed by atoms with Crippen LogP contribution in [0.1, 0.15) is 27.8 Å². The number of ether oxygens (including phenoxy) is 1. The van der Waals surface area contributed by atoms with Crippen molar-refractivity contribution in [2.24, 2.45) is 0 Å². The maximum atomic E-state index is 14.1. The van der Waals surface area contributed by atoms with Crippen LogP contribution in [0, 0.1) is 12.7 Å². The summed E-state index contributed by atoms with van der Waals surface area (Å²) < 4.78 is 98.8. The van der Waals surface area contributed by atoms with Gasteiger partial charge in [0.2, 0.25) is 0 Å². The minimum atomic E-state index is -5.08. The molecule has 0 aliphatic rings. The van der Waals surface area contributed by atoms with E-state index >= 15 is 0 Å². The third kappa shape index (κ3) is 6.27. The molecule has 0 aliphatic heterocycles. The second-order valence-electron chi connectivity index (χ2n) is 8.06. The molecule has 36 heavy (non-hydrogen) atoms. The van der Waals surface area contributed by atoms with Crippen molar-refractivity contribution >= 4 is 6.09 Å². The van der Waals surface area contributed by atoms with Gasteiger partial charge < -0.3 is 9.84 Å². The van der Waals surface area contributed by atoms with E-state index in [4.69, 9.17) is 4.74 Å². The predicted octanol–water partition coefficient (Wildman–Crippen LogP) is 7.53. The largest absolute Gasteiger partial charge is 0.496 e. The van der Waals surface area contributed by atoms with E-state index in [0.29, 0.717) is 33.9 Å². The van der Waals surface area contributed by atoms with E-state index in [2.05, 4.69) is 0 Å². The van der Waals surface area contributed by atoms with Crippen LogP contribution in [0.2, 0.25) is 0 Å². The van der Waals surface area contributed by atoms with Crippen LogP contribution in [0.15, 0.2) is 54.6 Å². The number of benzene rings is 3. The average molecular weight is 515 g/mol. The Hall–Kier alpha value is -3.76. The van der Waals surface area contributed by atoms with Crippen LogP contribution < -0.4 is 4.74 Å². The molecule has 0 atom stereocenters. The molecule has 0 heterocycles. The molecule has 0 saturated carbocycles. The zero-order chi connectivity index (χ0) is 26.8. The van der Waals surface area contributed by atoms with Crippen molar-refractivity contribution in [2.75, 3.05) is 7.11 Å². The second-order valence-corrected chi connectivity index (χ2v) is 8.06. The minimum Gasteiger partial charge on any atom is -0.496 e. The summed E-state index contributed by atoms with van der Waals surface area (Å²) in [5.74, 6) is -0.299. The van der Waals surface area contributed by atoms with E-state index in [0.717, 1.165) is 17.7 Å². The molecule has 0 aromatic heterocycles.